The number of fused-ring (bicyclic) bond motifs is 1. The molecule has 6 nitrogen and oxygen atoms in total. The van der Waals surface area contributed by atoms with E-state index >= 15 is 0 Å². The highest BCUT2D eigenvalue weighted by Crippen LogP contribution is 2.31. The molecule has 0 aliphatic rings. The zero-order chi connectivity index (χ0) is 21.2. The first-order valence-corrected chi connectivity index (χ1v) is 11.4. The van der Waals surface area contributed by atoms with Gasteiger partial charge in [0.1, 0.15) is 0 Å². The number of ether oxygens (including phenoxy) is 1. The summed E-state index contributed by atoms with van der Waals surface area (Å²) >= 11 is 7.21. The molecule has 1 amide bonds. The lowest BCUT2D eigenvalue weighted by molar-refractivity contribution is 0.0909. The number of nitrogens with zero attached hydrogens (tertiary/aromatic N) is 1. The molecule has 29 heavy (non-hydrogen) atoms. The average Bonchev–Trinajstić information content (AvgIpc) is 3.11. The molecule has 2 aromatic carbocycles. The van der Waals surface area contributed by atoms with E-state index in [1.807, 2.05) is 13.0 Å². The van der Waals surface area contributed by atoms with E-state index in [4.69, 9.17) is 16.3 Å². The van der Waals surface area contributed by atoms with Gasteiger partial charge in [-0.05, 0) is 60.8 Å². The SMILES string of the molecule is COC[C@H](C)NC(=O)c1cc2cc(N(C)S(=O)(=O)c3ccc(Cl)cc3)ccc2s1. The summed E-state index contributed by atoms with van der Waals surface area (Å²) in [5.74, 6) is -0.181. The van der Waals surface area contributed by atoms with Gasteiger partial charge in [-0.25, -0.2) is 8.42 Å². The van der Waals surface area contributed by atoms with Crippen LogP contribution in [0.4, 0.5) is 5.69 Å². The van der Waals surface area contributed by atoms with E-state index in [0.717, 1.165) is 10.1 Å². The Morgan fingerprint density at radius 2 is 1.90 bits per heavy atom. The van der Waals surface area contributed by atoms with Gasteiger partial charge < -0.3 is 10.1 Å². The topological polar surface area (TPSA) is 75.7 Å². The molecule has 0 fully saturated rings. The molecule has 0 aliphatic carbocycles. The minimum atomic E-state index is -3.72. The van der Waals surface area contributed by atoms with Crippen molar-refractivity contribution < 1.29 is 17.9 Å². The highest BCUT2D eigenvalue weighted by Gasteiger charge is 2.22. The third-order valence-electron chi connectivity index (χ3n) is 4.35. The maximum absolute atomic E-state index is 12.9. The van der Waals surface area contributed by atoms with Gasteiger partial charge in [0.15, 0.2) is 0 Å². The summed E-state index contributed by atoms with van der Waals surface area (Å²) in [6, 6.07) is 13.0. The Bertz CT molecular complexity index is 1130. The predicted octanol–water partition coefficient (Wildman–Crippen LogP) is 4.14. The fourth-order valence-electron chi connectivity index (χ4n) is 2.83. The highest BCUT2D eigenvalue weighted by atomic mass is 35.5. The summed E-state index contributed by atoms with van der Waals surface area (Å²) in [7, 11) is -0.645. The van der Waals surface area contributed by atoms with Crippen LogP contribution in [0.3, 0.4) is 0 Å². The molecular weight excluding hydrogens is 432 g/mol. The first-order chi connectivity index (χ1) is 13.7. The number of halogens is 1. The molecule has 0 bridgehead atoms. The van der Waals surface area contributed by atoms with Crippen molar-refractivity contribution >= 4 is 54.6 Å². The molecule has 1 atom stereocenters. The van der Waals surface area contributed by atoms with Gasteiger partial charge >= 0.3 is 0 Å². The normalized spacial score (nSPS) is 12.7. The third kappa shape index (κ3) is 4.72. The largest absolute Gasteiger partial charge is 0.383 e. The number of hydrogen-bond donors (Lipinski definition) is 1. The van der Waals surface area contributed by atoms with Gasteiger partial charge in [0.25, 0.3) is 15.9 Å². The van der Waals surface area contributed by atoms with Crippen LogP contribution in [0.5, 0.6) is 0 Å². The quantitative estimate of drug-likeness (QED) is 0.584. The van der Waals surface area contributed by atoms with E-state index in [-0.39, 0.29) is 16.8 Å². The molecule has 3 rings (SSSR count). The second-order valence-electron chi connectivity index (χ2n) is 6.59. The van der Waals surface area contributed by atoms with Gasteiger partial charge in [0.2, 0.25) is 0 Å². The molecule has 0 unspecified atom stereocenters. The van der Waals surface area contributed by atoms with E-state index in [2.05, 4.69) is 5.32 Å². The number of methoxy groups -OCH3 is 1. The maximum atomic E-state index is 12.9. The van der Waals surface area contributed by atoms with Gasteiger partial charge in [0, 0.05) is 29.9 Å². The number of benzene rings is 2. The minimum Gasteiger partial charge on any atom is -0.383 e. The summed E-state index contributed by atoms with van der Waals surface area (Å²) < 4.78 is 32.9. The fourth-order valence-corrected chi connectivity index (χ4v) is 5.09. The number of nitrogens with one attached hydrogen (secondary N) is 1. The average molecular weight is 453 g/mol. The van der Waals surface area contributed by atoms with E-state index in [1.54, 1.807) is 37.4 Å². The molecule has 0 saturated heterocycles. The Hall–Kier alpha value is -2.13. The monoisotopic (exact) mass is 452 g/mol. The zero-order valence-electron chi connectivity index (χ0n) is 16.2. The van der Waals surface area contributed by atoms with Crippen molar-refractivity contribution in [1.29, 1.82) is 0 Å². The molecule has 0 aliphatic heterocycles. The van der Waals surface area contributed by atoms with Gasteiger partial charge in [-0.15, -0.1) is 11.3 Å². The van der Waals surface area contributed by atoms with Gasteiger partial charge in [-0.1, -0.05) is 11.6 Å². The Kier molecular flexibility index (Phi) is 6.48. The zero-order valence-corrected chi connectivity index (χ0v) is 18.6. The Morgan fingerprint density at radius 1 is 1.21 bits per heavy atom. The maximum Gasteiger partial charge on any atom is 0.264 e. The van der Waals surface area contributed by atoms with Crippen molar-refractivity contribution in [3.05, 3.63) is 58.4 Å². The Morgan fingerprint density at radius 3 is 2.55 bits per heavy atom. The van der Waals surface area contributed by atoms with Crippen LogP contribution in [-0.4, -0.2) is 41.1 Å². The van der Waals surface area contributed by atoms with E-state index in [1.165, 1.54) is 34.8 Å². The summed E-state index contributed by atoms with van der Waals surface area (Å²) in [6.45, 7) is 2.29. The van der Waals surface area contributed by atoms with Crippen molar-refractivity contribution in [2.75, 3.05) is 25.1 Å². The number of carbonyl (C=O) groups excluding carboxylic acids is 1. The molecule has 0 radical (unpaired) electrons. The Balaban J connectivity index is 1.87. The number of carbonyl (C=O) groups is 1. The third-order valence-corrected chi connectivity index (χ3v) is 7.52. The van der Waals surface area contributed by atoms with Crippen molar-refractivity contribution in [3.63, 3.8) is 0 Å². The number of rotatable bonds is 7. The lowest BCUT2D eigenvalue weighted by Crippen LogP contribution is -2.35. The summed E-state index contributed by atoms with van der Waals surface area (Å²) in [4.78, 5) is 13.1. The van der Waals surface area contributed by atoms with Crippen LogP contribution in [0.2, 0.25) is 5.02 Å². The second-order valence-corrected chi connectivity index (χ2v) is 10.1. The molecule has 9 heteroatoms. The first kappa shape index (κ1) is 21.6. The van der Waals surface area contributed by atoms with Crippen LogP contribution in [0, 0.1) is 0 Å². The van der Waals surface area contributed by atoms with Crippen molar-refractivity contribution in [2.24, 2.45) is 0 Å². The van der Waals surface area contributed by atoms with Crippen LogP contribution in [0.15, 0.2) is 53.4 Å². The molecule has 154 valence electrons. The van der Waals surface area contributed by atoms with E-state index in [9.17, 15) is 13.2 Å². The van der Waals surface area contributed by atoms with E-state index < -0.39 is 10.0 Å². The standard InChI is InChI=1S/C20H21ClN2O4S2/c1-13(12-27-3)22-20(24)19-11-14-10-16(6-9-18(14)28-19)23(2)29(25,26)17-7-4-15(21)5-8-17/h4-11,13H,12H2,1-3H3,(H,22,24)/t13-/m0/s1. The minimum absolute atomic E-state index is 0.107. The molecule has 0 spiro atoms. The summed E-state index contributed by atoms with van der Waals surface area (Å²) in [5.41, 5.74) is 0.505. The lowest BCUT2D eigenvalue weighted by atomic mass is 10.2. The molecule has 3 aromatic rings. The summed E-state index contributed by atoms with van der Waals surface area (Å²) in [6.07, 6.45) is 0. The molecule has 0 saturated carbocycles. The summed E-state index contributed by atoms with van der Waals surface area (Å²) in [5, 5.41) is 4.15. The highest BCUT2D eigenvalue weighted by molar-refractivity contribution is 7.92. The second kappa shape index (κ2) is 8.71. The molecule has 1 heterocycles. The number of sulfonamides is 1. The van der Waals surface area contributed by atoms with Gasteiger partial charge in [-0.3, -0.25) is 9.10 Å². The number of hydrogen-bond acceptors (Lipinski definition) is 5. The van der Waals surface area contributed by atoms with Crippen molar-refractivity contribution in [3.8, 4) is 0 Å². The van der Waals surface area contributed by atoms with E-state index in [0.29, 0.717) is 22.2 Å². The number of anilines is 1. The van der Waals surface area contributed by atoms with Crippen LogP contribution in [0.25, 0.3) is 10.1 Å². The smallest absolute Gasteiger partial charge is 0.264 e. The Labute approximate surface area is 179 Å². The van der Waals surface area contributed by atoms with Crippen molar-refractivity contribution in [1.82, 2.24) is 5.32 Å². The molecule has 1 aromatic heterocycles. The van der Waals surface area contributed by atoms with Crippen LogP contribution in [0.1, 0.15) is 16.6 Å². The van der Waals surface area contributed by atoms with Gasteiger partial charge in [-0.2, -0.15) is 0 Å². The fraction of sp³-hybridized carbons (Fsp3) is 0.250. The lowest BCUT2D eigenvalue weighted by Gasteiger charge is -2.19. The number of amides is 1. The van der Waals surface area contributed by atoms with Crippen LogP contribution >= 0.6 is 22.9 Å². The van der Waals surface area contributed by atoms with Crippen LogP contribution in [-0.2, 0) is 14.8 Å². The molecular formula is C20H21ClN2O4S2. The van der Waals surface area contributed by atoms with Crippen LogP contribution < -0.4 is 9.62 Å². The van der Waals surface area contributed by atoms with Crippen molar-refractivity contribution in [2.45, 2.75) is 17.9 Å². The number of thiophene rings is 1. The van der Waals surface area contributed by atoms with Gasteiger partial charge in [0.05, 0.1) is 22.1 Å². The first-order valence-electron chi connectivity index (χ1n) is 8.80. The predicted molar refractivity (Wildman–Crippen MR) is 118 cm³/mol. The molecule has 1 N–H and O–H groups in total.